The fourth-order valence-electron chi connectivity index (χ4n) is 1.62. The Morgan fingerprint density at radius 3 is 2.54 bits per heavy atom. The highest BCUT2D eigenvalue weighted by molar-refractivity contribution is 5.51. The quantitative estimate of drug-likeness (QED) is 0.600. The lowest BCUT2D eigenvalue weighted by Gasteiger charge is -2.07. The fraction of sp³-hybridized carbons (Fsp3) is 0.364. The topological polar surface area (TPSA) is 17.3 Å². The number of hydrogen-bond acceptors (Lipinski definition) is 1. The first-order valence-electron chi connectivity index (χ1n) is 4.52. The summed E-state index contributed by atoms with van der Waals surface area (Å²) in [5.74, 6) is 0. The summed E-state index contributed by atoms with van der Waals surface area (Å²) in [6.45, 7) is 8.41. The molecule has 2 rings (SSSR count). The number of aryl methyl sites for hydroxylation is 3. The van der Waals surface area contributed by atoms with Crippen molar-refractivity contribution in [1.29, 1.82) is 0 Å². The molecule has 13 heavy (non-hydrogen) atoms. The molecule has 2 aromatic heterocycles. The Hall–Kier alpha value is -1.31. The van der Waals surface area contributed by atoms with E-state index in [1.807, 2.05) is 0 Å². The molecule has 2 aromatic rings. The van der Waals surface area contributed by atoms with Gasteiger partial charge >= 0.3 is 0 Å². The molecule has 2 heterocycles. The minimum atomic E-state index is 1.08. The van der Waals surface area contributed by atoms with Gasteiger partial charge in [-0.2, -0.15) is 0 Å². The van der Waals surface area contributed by atoms with E-state index in [0.717, 1.165) is 11.3 Å². The maximum Gasteiger partial charge on any atom is 0.140 e. The number of fused-ring (bicyclic) bond motifs is 1. The smallest absolute Gasteiger partial charge is 0.140 e. The minimum absolute atomic E-state index is 1.08. The van der Waals surface area contributed by atoms with Crippen molar-refractivity contribution >= 4 is 5.65 Å². The summed E-state index contributed by atoms with van der Waals surface area (Å²) in [5, 5.41) is 0. The Morgan fingerprint density at radius 2 is 1.85 bits per heavy atom. The number of nitrogens with zero attached hydrogens (tertiary/aromatic N) is 2. The third kappa shape index (κ3) is 1.05. The zero-order valence-electron chi connectivity index (χ0n) is 8.55. The Kier molecular flexibility index (Phi) is 1.65. The Morgan fingerprint density at radius 1 is 1.15 bits per heavy atom. The lowest BCUT2D eigenvalue weighted by molar-refractivity contribution is 0.989. The van der Waals surface area contributed by atoms with Crippen LogP contribution in [0.2, 0.25) is 0 Å². The van der Waals surface area contributed by atoms with E-state index < -0.39 is 0 Å². The van der Waals surface area contributed by atoms with E-state index in [4.69, 9.17) is 0 Å². The first kappa shape index (κ1) is 8.30. The zero-order chi connectivity index (χ0) is 9.59. The van der Waals surface area contributed by atoms with Crippen LogP contribution in [0.5, 0.6) is 0 Å². The number of hydrogen-bond donors (Lipinski definition) is 0. The normalized spacial score (nSPS) is 11.1. The molecular weight excluding hydrogens is 160 g/mol. The van der Waals surface area contributed by atoms with Gasteiger partial charge in [-0.1, -0.05) is 0 Å². The standard InChI is InChI=1S/C11H14N2/c1-7-5-6-13-10(4)8(2)9(3)12-11(7)13/h5-6H,1-4H3. The molecule has 2 nitrogen and oxygen atoms in total. The van der Waals surface area contributed by atoms with E-state index in [2.05, 4.69) is 49.3 Å². The first-order valence-corrected chi connectivity index (χ1v) is 4.52. The fourth-order valence-corrected chi connectivity index (χ4v) is 1.62. The van der Waals surface area contributed by atoms with Crippen LogP contribution in [0, 0.1) is 27.7 Å². The summed E-state index contributed by atoms with van der Waals surface area (Å²) in [7, 11) is 0. The Labute approximate surface area is 78.2 Å². The summed E-state index contributed by atoms with van der Waals surface area (Å²) >= 11 is 0. The lowest BCUT2D eigenvalue weighted by atomic mass is 10.2. The average molecular weight is 174 g/mol. The van der Waals surface area contributed by atoms with Gasteiger partial charge in [-0.15, -0.1) is 0 Å². The molecule has 0 bridgehead atoms. The monoisotopic (exact) mass is 174 g/mol. The van der Waals surface area contributed by atoms with Crippen LogP contribution in [0.1, 0.15) is 22.5 Å². The van der Waals surface area contributed by atoms with Crippen molar-refractivity contribution in [2.75, 3.05) is 0 Å². The van der Waals surface area contributed by atoms with Crippen LogP contribution in [0.4, 0.5) is 0 Å². The third-order valence-corrected chi connectivity index (χ3v) is 2.77. The summed E-state index contributed by atoms with van der Waals surface area (Å²) in [5.41, 5.74) is 6.03. The first-order chi connectivity index (χ1) is 6.11. The molecule has 0 aliphatic carbocycles. The lowest BCUT2D eigenvalue weighted by Crippen LogP contribution is -1.99. The molecule has 0 fully saturated rings. The van der Waals surface area contributed by atoms with Crippen molar-refractivity contribution in [2.45, 2.75) is 27.7 Å². The Balaban J connectivity index is 2.96. The van der Waals surface area contributed by atoms with Gasteiger partial charge in [0, 0.05) is 17.6 Å². The molecule has 0 aliphatic heterocycles. The molecule has 0 aliphatic rings. The van der Waals surface area contributed by atoms with E-state index in [1.165, 1.54) is 16.8 Å². The van der Waals surface area contributed by atoms with Crippen LogP contribution < -0.4 is 0 Å². The van der Waals surface area contributed by atoms with Crippen molar-refractivity contribution in [2.24, 2.45) is 0 Å². The highest BCUT2D eigenvalue weighted by Gasteiger charge is 2.06. The van der Waals surface area contributed by atoms with Crippen LogP contribution in [0.25, 0.3) is 5.65 Å². The second-order valence-electron chi connectivity index (χ2n) is 3.60. The van der Waals surface area contributed by atoms with Gasteiger partial charge in [-0.25, -0.2) is 4.98 Å². The number of rotatable bonds is 0. The van der Waals surface area contributed by atoms with Gasteiger partial charge in [-0.05, 0) is 44.9 Å². The van der Waals surface area contributed by atoms with Gasteiger partial charge in [0.25, 0.3) is 0 Å². The highest BCUT2D eigenvalue weighted by atomic mass is 15.0. The van der Waals surface area contributed by atoms with Crippen molar-refractivity contribution < 1.29 is 0 Å². The summed E-state index contributed by atoms with van der Waals surface area (Å²) < 4.78 is 2.15. The molecule has 0 radical (unpaired) electrons. The zero-order valence-corrected chi connectivity index (χ0v) is 8.55. The molecule has 0 atom stereocenters. The van der Waals surface area contributed by atoms with E-state index in [1.54, 1.807) is 0 Å². The van der Waals surface area contributed by atoms with Gasteiger partial charge in [-0.3, -0.25) is 0 Å². The van der Waals surface area contributed by atoms with Crippen LogP contribution in [0.15, 0.2) is 12.3 Å². The van der Waals surface area contributed by atoms with Gasteiger partial charge in [0.1, 0.15) is 5.65 Å². The maximum absolute atomic E-state index is 4.56. The molecular formula is C11H14N2. The molecule has 0 amide bonds. The van der Waals surface area contributed by atoms with E-state index in [9.17, 15) is 0 Å². The van der Waals surface area contributed by atoms with E-state index in [0.29, 0.717) is 0 Å². The summed E-state index contributed by atoms with van der Waals surface area (Å²) in [4.78, 5) is 4.56. The highest BCUT2D eigenvalue weighted by Crippen LogP contribution is 2.16. The van der Waals surface area contributed by atoms with Crippen molar-refractivity contribution in [3.63, 3.8) is 0 Å². The van der Waals surface area contributed by atoms with Gasteiger partial charge in [0.2, 0.25) is 0 Å². The van der Waals surface area contributed by atoms with Gasteiger partial charge in [0.15, 0.2) is 0 Å². The van der Waals surface area contributed by atoms with Crippen LogP contribution in [-0.2, 0) is 0 Å². The van der Waals surface area contributed by atoms with Crippen LogP contribution in [0.3, 0.4) is 0 Å². The van der Waals surface area contributed by atoms with Gasteiger partial charge in [0.05, 0.1) is 0 Å². The number of aromatic nitrogens is 2. The molecule has 0 spiro atoms. The second kappa shape index (κ2) is 2.59. The second-order valence-corrected chi connectivity index (χ2v) is 3.60. The Bertz CT molecular complexity index is 466. The van der Waals surface area contributed by atoms with Crippen molar-refractivity contribution in [1.82, 2.24) is 9.38 Å². The van der Waals surface area contributed by atoms with Crippen LogP contribution >= 0.6 is 0 Å². The molecule has 2 heteroatoms. The predicted molar refractivity (Wildman–Crippen MR) is 54.1 cm³/mol. The summed E-state index contributed by atoms with van der Waals surface area (Å²) in [6.07, 6.45) is 2.08. The van der Waals surface area contributed by atoms with E-state index >= 15 is 0 Å². The molecule has 0 N–H and O–H groups in total. The maximum atomic E-state index is 4.56. The molecule has 0 saturated carbocycles. The summed E-state index contributed by atoms with van der Waals surface area (Å²) in [6, 6.07) is 2.11. The van der Waals surface area contributed by atoms with E-state index in [-0.39, 0.29) is 0 Å². The van der Waals surface area contributed by atoms with Gasteiger partial charge < -0.3 is 4.40 Å². The van der Waals surface area contributed by atoms with Crippen molar-refractivity contribution in [3.05, 3.63) is 34.8 Å². The molecule has 0 aromatic carbocycles. The minimum Gasteiger partial charge on any atom is -0.305 e. The average Bonchev–Trinajstić information content (AvgIpc) is 2.45. The van der Waals surface area contributed by atoms with Crippen molar-refractivity contribution in [3.8, 4) is 0 Å². The predicted octanol–water partition coefficient (Wildman–Crippen LogP) is 2.57. The molecule has 0 saturated heterocycles. The third-order valence-electron chi connectivity index (χ3n) is 2.77. The largest absolute Gasteiger partial charge is 0.305 e. The van der Waals surface area contributed by atoms with Crippen LogP contribution in [-0.4, -0.2) is 9.38 Å². The SMILES string of the molecule is Cc1nc2c(C)ccn2c(C)c1C. The molecule has 0 unspecified atom stereocenters. The molecule has 68 valence electrons.